The van der Waals surface area contributed by atoms with E-state index >= 15 is 0 Å². The van der Waals surface area contributed by atoms with Crippen LogP contribution in [0.15, 0.2) is 45.9 Å². The highest BCUT2D eigenvalue weighted by atomic mass is 32.2. The number of hydrogen-bond acceptors (Lipinski definition) is 5. The zero-order valence-electron chi connectivity index (χ0n) is 16.7. The van der Waals surface area contributed by atoms with Crippen molar-refractivity contribution in [1.82, 2.24) is 19.8 Å². The van der Waals surface area contributed by atoms with Gasteiger partial charge in [-0.05, 0) is 56.8 Å². The molecule has 0 atom stereocenters. The highest BCUT2D eigenvalue weighted by Crippen LogP contribution is 2.33. The van der Waals surface area contributed by atoms with Crippen LogP contribution in [0.3, 0.4) is 0 Å². The summed E-state index contributed by atoms with van der Waals surface area (Å²) in [6, 6.07) is 7.63. The molecule has 1 amide bonds. The Labute approximate surface area is 176 Å². The van der Waals surface area contributed by atoms with Crippen LogP contribution in [0, 0.1) is 13.8 Å². The zero-order chi connectivity index (χ0) is 23.0. The molecule has 0 bridgehead atoms. The predicted molar refractivity (Wildman–Crippen MR) is 104 cm³/mol. The summed E-state index contributed by atoms with van der Waals surface area (Å²) in [5.74, 6) is -1.20. The van der Waals surface area contributed by atoms with Gasteiger partial charge < -0.3 is 9.73 Å². The molecule has 0 spiro atoms. The van der Waals surface area contributed by atoms with E-state index < -0.39 is 39.3 Å². The van der Waals surface area contributed by atoms with E-state index in [1.165, 1.54) is 23.9 Å². The number of rotatable bonds is 6. The SMILES string of the molecule is CNS(=O)(=O)c1ccc(C(=O)NCc2ccc(-n3nc(C)cc3C)cc2C(F)(F)F)o1. The van der Waals surface area contributed by atoms with Gasteiger partial charge in [0.1, 0.15) is 0 Å². The van der Waals surface area contributed by atoms with Crippen molar-refractivity contribution in [3.63, 3.8) is 0 Å². The van der Waals surface area contributed by atoms with Gasteiger partial charge in [0.25, 0.3) is 15.9 Å². The molecule has 1 aromatic carbocycles. The monoisotopic (exact) mass is 456 g/mol. The van der Waals surface area contributed by atoms with Gasteiger partial charge in [-0.25, -0.2) is 17.8 Å². The largest absolute Gasteiger partial charge is 0.438 e. The van der Waals surface area contributed by atoms with Crippen LogP contribution in [-0.4, -0.2) is 31.2 Å². The Kier molecular flexibility index (Phi) is 5.96. The summed E-state index contributed by atoms with van der Waals surface area (Å²) in [5.41, 5.74) is 0.495. The molecule has 31 heavy (non-hydrogen) atoms. The fraction of sp³-hybridized carbons (Fsp3) is 0.263. The van der Waals surface area contributed by atoms with Gasteiger partial charge in [0, 0.05) is 12.2 Å². The molecule has 2 heterocycles. The van der Waals surface area contributed by atoms with Gasteiger partial charge in [0.2, 0.25) is 5.09 Å². The van der Waals surface area contributed by atoms with Crippen LogP contribution in [0.2, 0.25) is 0 Å². The molecule has 0 fully saturated rings. The maximum absolute atomic E-state index is 13.6. The number of alkyl halides is 3. The molecule has 0 saturated heterocycles. The lowest BCUT2D eigenvalue weighted by Crippen LogP contribution is -2.24. The molecular formula is C19H19F3N4O4S. The summed E-state index contributed by atoms with van der Waals surface area (Å²) < 4.78 is 72.7. The van der Waals surface area contributed by atoms with Gasteiger partial charge in [-0.3, -0.25) is 4.79 Å². The van der Waals surface area contributed by atoms with Crippen LogP contribution in [0.4, 0.5) is 13.2 Å². The van der Waals surface area contributed by atoms with Crippen LogP contribution in [-0.2, 0) is 22.7 Å². The number of aryl methyl sites for hydroxylation is 2. The summed E-state index contributed by atoms with van der Waals surface area (Å²) in [6.45, 7) is 3.02. The minimum absolute atomic E-state index is 0.166. The second-order valence-corrected chi connectivity index (χ2v) is 8.50. The fourth-order valence-electron chi connectivity index (χ4n) is 2.95. The summed E-state index contributed by atoms with van der Waals surface area (Å²) >= 11 is 0. The smallest absolute Gasteiger partial charge is 0.416 e. The first-order chi connectivity index (χ1) is 14.4. The van der Waals surface area contributed by atoms with Crippen LogP contribution in [0.1, 0.15) is 33.1 Å². The molecule has 2 aromatic heterocycles. The number of nitrogens with zero attached hydrogens (tertiary/aromatic N) is 2. The average Bonchev–Trinajstić information content (AvgIpc) is 3.32. The Morgan fingerprint density at radius 2 is 1.87 bits per heavy atom. The number of halogens is 3. The van der Waals surface area contributed by atoms with E-state index in [1.807, 2.05) is 4.72 Å². The van der Waals surface area contributed by atoms with E-state index in [-0.39, 0.29) is 17.0 Å². The Morgan fingerprint density at radius 1 is 1.16 bits per heavy atom. The molecule has 0 radical (unpaired) electrons. The third-order valence-electron chi connectivity index (χ3n) is 4.43. The molecule has 2 N–H and O–H groups in total. The third kappa shape index (κ3) is 4.80. The summed E-state index contributed by atoms with van der Waals surface area (Å²) in [6.07, 6.45) is -4.66. The van der Waals surface area contributed by atoms with E-state index in [0.717, 1.165) is 18.2 Å². The van der Waals surface area contributed by atoms with Crippen LogP contribution < -0.4 is 10.0 Å². The van der Waals surface area contributed by atoms with Gasteiger partial charge in [0.05, 0.1) is 16.9 Å². The molecule has 0 aliphatic rings. The molecule has 12 heteroatoms. The maximum Gasteiger partial charge on any atom is 0.416 e. The van der Waals surface area contributed by atoms with Gasteiger partial charge in [-0.15, -0.1) is 0 Å². The quantitative estimate of drug-likeness (QED) is 0.593. The standard InChI is InChI=1S/C19H19F3N4O4S/c1-11-8-12(2)26(25-11)14-5-4-13(15(9-14)19(20,21)22)10-24-18(27)16-6-7-17(30-16)31(28,29)23-3/h4-9,23H,10H2,1-3H3,(H,24,27). The predicted octanol–water partition coefficient (Wildman–Crippen LogP) is 2.94. The van der Waals surface area contributed by atoms with E-state index in [0.29, 0.717) is 11.4 Å². The van der Waals surface area contributed by atoms with Crippen molar-refractivity contribution < 1.29 is 30.8 Å². The van der Waals surface area contributed by atoms with Crippen LogP contribution in [0.5, 0.6) is 0 Å². The number of amides is 1. The van der Waals surface area contributed by atoms with Crippen molar-refractivity contribution in [3.05, 3.63) is 64.7 Å². The molecule has 3 rings (SSSR count). The van der Waals surface area contributed by atoms with Crippen molar-refractivity contribution in [3.8, 4) is 5.69 Å². The molecular weight excluding hydrogens is 437 g/mol. The van der Waals surface area contributed by atoms with Gasteiger partial charge in [-0.1, -0.05) is 6.07 Å². The van der Waals surface area contributed by atoms with Gasteiger partial charge in [-0.2, -0.15) is 18.3 Å². The molecule has 8 nitrogen and oxygen atoms in total. The van der Waals surface area contributed by atoms with E-state index in [4.69, 9.17) is 4.42 Å². The summed E-state index contributed by atoms with van der Waals surface area (Å²) in [7, 11) is -2.72. The molecule has 0 saturated carbocycles. The maximum atomic E-state index is 13.6. The molecule has 0 unspecified atom stereocenters. The fourth-order valence-corrected chi connectivity index (χ4v) is 3.60. The Bertz CT molecular complexity index is 1230. The lowest BCUT2D eigenvalue weighted by Gasteiger charge is -2.15. The highest BCUT2D eigenvalue weighted by Gasteiger charge is 2.34. The first-order valence-corrected chi connectivity index (χ1v) is 10.5. The topological polar surface area (TPSA) is 106 Å². The first kappa shape index (κ1) is 22.6. The highest BCUT2D eigenvalue weighted by molar-refractivity contribution is 7.89. The van der Waals surface area contributed by atoms with Gasteiger partial charge >= 0.3 is 6.18 Å². The third-order valence-corrected chi connectivity index (χ3v) is 5.72. The number of carbonyl (C=O) groups excluding carboxylic acids is 1. The van der Waals surface area contributed by atoms with E-state index in [1.54, 1.807) is 19.9 Å². The molecule has 0 aliphatic carbocycles. The minimum atomic E-state index is -4.66. The number of hydrogen-bond donors (Lipinski definition) is 2. The Balaban J connectivity index is 1.84. The summed E-state index contributed by atoms with van der Waals surface area (Å²) in [5, 5.41) is 6.02. The lowest BCUT2D eigenvalue weighted by atomic mass is 10.1. The Morgan fingerprint density at radius 3 is 2.45 bits per heavy atom. The lowest BCUT2D eigenvalue weighted by molar-refractivity contribution is -0.138. The number of sulfonamides is 1. The molecule has 3 aromatic rings. The zero-order valence-corrected chi connectivity index (χ0v) is 17.6. The second kappa shape index (κ2) is 8.19. The van der Waals surface area contributed by atoms with Crippen molar-refractivity contribution in [2.45, 2.75) is 31.7 Å². The van der Waals surface area contributed by atoms with Crippen molar-refractivity contribution in [2.75, 3.05) is 7.05 Å². The molecule has 166 valence electrons. The van der Waals surface area contributed by atoms with Crippen LogP contribution >= 0.6 is 0 Å². The average molecular weight is 456 g/mol. The molecule has 0 aliphatic heterocycles. The first-order valence-electron chi connectivity index (χ1n) is 8.97. The number of furan rings is 1. The number of benzene rings is 1. The van der Waals surface area contributed by atoms with Crippen molar-refractivity contribution >= 4 is 15.9 Å². The second-order valence-electron chi connectivity index (χ2n) is 6.69. The number of carbonyl (C=O) groups is 1. The van der Waals surface area contributed by atoms with E-state index in [9.17, 15) is 26.4 Å². The Hall–Kier alpha value is -3.12. The number of nitrogens with one attached hydrogen (secondary N) is 2. The van der Waals surface area contributed by atoms with Crippen LogP contribution in [0.25, 0.3) is 5.69 Å². The van der Waals surface area contributed by atoms with Crippen molar-refractivity contribution in [1.29, 1.82) is 0 Å². The summed E-state index contributed by atoms with van der Waals surface area (Å²) in [4.78, 5) is 12.2. The van der Waals surface area contributed by atoms with Crippen molar-refractivity contribution in [2.24, 2.45) is 0 Å². The normalized spacial score (nSPS) is 12.2. The number of aromatic nitrogens is 2. The van der Waals surface area contributed by atoms with Gasteiger partial charge in [0.15, 0.2) is 5.76 Å². The van der Waals surface area contributed by atoms with E-state index in [2.05, 4.69) is 10.4 Å². The minimum Gasteiger partial charge on any atom is -0.438 e.